The van der Waals surface area contributed by atoms with Crippen molar-refractivity contribution < 1.29 is 13.2 Å². The van der Waals surface area contributed by atoms with Gasteiger partial charge >= 0.3 is 0 Å². The largest absolute Gasteiger partial charge is 0.340 e. The van der Waals surface area contributed by atoms with E-state index >= 15 is 0 Å². The quantitative estimate of drug-likeness (QED) is 0.702. The highest BCUT2D eigenvalue weighted by atomic mass is 32.2. The first-order valence-corrected chi connectivity index (χ1v) is 12.0. The van der Waals surface area contributed by atoms with Crippen molar-refractivity contribution in [2.45, 2.75) is 51.9 Å². The number of amides is 1. The standard InChI is InChI=1S/C22H31N5O3S/c1-16(2)20-18(15-24-21(25-20)17-7-6-8-23-14-17)31(29,30)27-11-9-26(10-12-27)19(28)13-22(3,4)5/h6-8,14-16H,9-13H2,1-5H3. The van der Waals surface area contributed by atoms with Gasteiger partial charge in [0.1, 0.15) is 4.90 Å². The highest BCUT2D eigenvalue weighted by Crippen LogP contribution is 2.28. The Morgan fingerprint density at radius 3 is 2.35 bits per heavy atom. The van der Waals surface area contributed by atoms with Gasteiger partial charge in [0, 0.05) is 50.6 Å². The maximum Gasteiger partial charge on any atom is 0.246 e. The summed E-state index contributed by atoms with van der Waals surface area (Å²) >= 11 is 0. The first-order valence-electron chi connectivity index (χ1n) is 10.5. The topological polar surface area (TPSA) is 96.4 Å². The molecule has 9 heteroatoms. The van der Waals surface area contributed by atoms with E-state index in [9.17, 15) is 13.2 Å². The summed E-state index contributed by atoms with van der Waals surface area (Å²) < 4.78 is 28.2. The maximum absolute atomic E-state index is 13.4. The summed E-state index contributed by atoms with van der Waals surface area (Å²) in [6, 6.07) is 3.63. The van der Waals surface area contributed by atoms with E-state index in [4.69, 9.17) is 0 Å². The number of carbonyl (C=O) groups is 1. The molecule has 0 aliphatic carbocycles. The van der Waals surface area contributed by atoms with Crippen LogP contribution in [0.4, 0.5) is 0 Å². The number of sulfonamides is 1. The zero-order valence-corrected chi connectivity index (χ0v) is 19.7. The van der Waals surface area contributed by atoms with E-state index in [-0.39, 0.29) is 35.2 Å². The van der Waals surface area contributed by atoms with Crippen LogP contribution in [-0.4, -0.2) is 64.7 Å². The van der Waals surface area contributed by atoms with Gasteiger partial charge in [-0.05, 0) is 23.5 Å². The summed E-state index contributed by atoms with van der Waals surface area (Å²) in [5, 5.41) is 0. The Hall–Kier alpha value is -2.39. The summed E-state index contributed by atoms with van der Waals surface area (Å²) in [6.45, 7) is 11.2. The van der Waals surface area contributed by atoms with Gasteiger partial charge in [-0.1, -0.05) is 34.6 Å². The average Bonchev–Trinajstić information content (AvgIpc) is 2.72. The van der Waals surface area contributed by atoms with Gasteiger partial charge in [-0.25, -0.2) is 18.4 Å². The monoisotopic (exact) mass is 445 g/mol. The molecule has 31 heavy (non-hydrogen) atoms. The third-order valence-corrected chi connectivity index (χ3v) is 7.06. The van der Waals surface area contributed by atoms with E-state index in [1.165, 1.54) is 10.5 Å². The fraction of sp³-hybridized carbons (Fsp3) is 0.545. The van der Waals surface area contributed by atoms with Gasteiger partial charge < -0.3 is 4.90 Å². The highest BCUT2D eigenvalue weighted by Gasteiger charge is 2.33. The molecule has 2 aromatic heterocycles. The van der Waals surface area contributed by atoms with Gasteiger partial charge in [-0.15, -0.1) is 0 Å². The lowest BCUT2D eigenvalue weighted by molar-refractivity contribution is -0.134. The van der Waals surface area contributed by atoms with Crippen LogP contribution in [0.3, 0.4) is 0 Å². The molecule has 1 amide bonds. The van der Waals surface area contributed by atoms with Crippen LogP contribution in [0.25, 0.3) is 11.4 Å². The zero-order chi connectivity index (χ0) is 22.8. The van der Waals surface area contributed by atoms with Crippen molar-refractivity contribution in [1.82, 2.24) is 24.2 Å². The lowest BCUT2D eigenvalue weighted by Crippen LogP contribution is -2.51. The second kappa shape index (κ2) is 9.00. The molecular weight excluding hydrogens is 414 g/mol. The summed E-state index contributed by atoms with van der Waals surface area (Å²) in [5.74, 6) is 0.419. The first kappa shape index (κ1) is 23.3. The van der Waals surface area contributed by atoms with Gasteiger partial charge in [0.2, 0.25) is 15.9 Å². The van der Waals surface area contributed by atoms with Crippen LogP contribution in [0.5, 0.6) is 0 Å². The molecule has 0 spiro atoms. The van der Waals surface area contributed by atoms with Gasteiger partial charge in [0.25, 0.3) is 0 Å². The van der Waals surface area contributed by atoms with Crippen LogP contribution in [0.2, 0.25) is 0 Å². The van der Waals surface area contributed by atoms with Crippen molar-refractivity contribution in [2.75, 3.05) is 26.2 Å². The van der Waals surface area contributed by atoms with E-state index in [0.717, 1.165) is 5.56 Å². The Balaban J connectivity index is 1.81. The van der Waals surface area contributed by atoms with Crippen molar-refractivity contribution >= 4 is 15.9 Å². The maximum atomic E-state index is 13.4. The van der Waals surface area contributed by atoms with E-state index < -0.39 is 10.0 Å². The lowest BCUT2D eigenvalue weighted by Gasteiger charge is -2.35. The Morgan fingerprint density at radius 1 is 1.13 bits per heavy atom. The smallest absolute Gasteiger partial charge is 0.246 e. The van der Waals surface area contributed by atoms with Crippen molar-refractivity contribution in [1.29, 1.82) is 0 Å². The molecule has 1 aliphatic rings. The van der Waals surface area contributed by atoms with Crippen LogP contribution in [0.15, 0.2) is 35.6 Å². The number of carbonyl (C=O) groups excluding carboxylic acids is 1. The molecular formula is C22H31N5O3S. The van der Waals surface area contributed by atoms with Crippen molar-refractivity contribution in [3.8, 4) is 11.4 Å². The Kier molecular flexibility index (Phi) is 6.76. The fourth-order valence-corrected chi connectivity index (χ4v) is 5.17. The van der Waals surface area contributed by atoms with Crippen LogP contribution >= 0.6 is 0 Å². The molecule has 2 aromatic rings. The Morgan fingerprint density at radius 2 is 1.81 bits per heavy atom. The molecule has 8 nitrogen and oxygen atoms in total. The normalized spacial score (nSPS) is 16.0. The second-order valence-corrected chi connectivity index (χ2v) is 11.3. The lowest BCUT2D eigenvalue weighted by atomic mass is 9.91. The predicted molar refractivity (Wildman–Crippen MR) is 119 cm³/mol. The van der Waals surface area contributed by atoms with Crippen molar-refractivity contribution in [3.63, 3.8) is 0 Å². The van der Waals surface area contributed by atoms with E-state index in [0.29, 0.717) is 31.0 Å². The number of rotatable bonds is 5. The molecule has 0 unspecified atom stereocenters. The van der Waals surface area contributed by atoms with Crippen LogP contribution in [0.1, 0.15) is 52.7 Å². The fourth-order valence-electron chi connectivity index (χ4n) is 3.51. The minimum absolute atomic E-state index is 0.0663. The number of nitrogens with zero attached hydrogens (tertiary/aromatic N) is 5. The summed E-state index contributed by atoms with van der Waals surface area (Å²) in [7, 11) is -3.77. The number of pyridine rings is 1. The zero-order valence-electron chi connectivity index (χ0n) is 18.9. The van der Waals surface area contributed by atoms with E-state index in [1.807, 2.05) is 40.7 Å². The Labute approximate surface area is 184 Å². The molecule has 0 N–H and O–H groups in total. The van der Waals surface area contributed by atoms with Gasteiger partial charge in [-0.2, -0.15) is 4.31 Å². The van der Waals surface area contributed by atoms with E-state index in [2.05, 4.69) is 15.0 Å². The number of hydrogen-bond donors (Lipinski definition) is 0. The van der Waals surface area contributed by atoms with Crippen LogP contribution < -0.4 is 0 Å². The number of aromatic nitrogens is 3. The molecule has 3 heterocycles. The third kappa shape index (κ3) is 5.46. The van der Waals surface area contributed by atoms with Crippen LogP contribution in [0, 0.1) is 5.41 Å². The second-order valence-electron chi connectivity index (χ2n) is 9.36. The summed E-state index contributed by atoms with van der Waals surface area (Å²) in [4.78, 5) is 27.3. The summed E-state index contributed by atoms with van der Waals surface area (Å²) in [6.07, 6.45) is 5.16. The molecule has 1 fully saturated rings. The summed E-state index contributed by atoms with van der Waals surface area (Å²) in [5.41, 5.74) is 1.12. The number of piperazine rings is 1. The minimum Gasteiger partial charge on any atom is -0.340 e. The van der Waals surface area contributed by atoms with Crippen LogP contribution in [-0.2, 0) is 14.8 Å². The van der Waals surface area contributed by atoms with E-state index in [1.54, 1.807) is 23.4 Å². The molecule has 1 saturated heterocycles. The SMILES string of the molecule is CC(C)c1nc(-c2cccnc2)ncc1S(=O)(=O)N1CCN(C(=O)CC(C)(C)C)CC1. The molecule has 0 aromatic carbocycles. The third-order valence-electron chi connectivity index (χ3n) is 5.14. The number of hydrogen-bond acceptors (Lipinski definition) is 6. The van der Waals surface area contributed by atoms with Gasteiger partial charge in [0.15, 0.2) is 5.82 Å². The molecule has 0 radical (unpaired) electrons. The van der Waals surface area contributed by atoms with Crippen molar-refractivity contribution in [2.24, 2.45) is 5.41 Å². The first-order chi connectivity index (χ1) is 14.5. The predicted octanol–water partition coefficient (Wildman–Crippen LogP) is 2.93. The van der Waals surface area contributed by atoms with Gasteiger partial charge in [-0.3, -0.25) is 9.78 Å². The van der Waals surface area contributed by atoms with Gasteiger partial charge in [0.05, 0.1) is 11.9 Å². The van der Waals surface area contributed by atoms with Crippen molar-refractivity contribution in [3.05, 3.63) is 36.4 Å². The molecule has 168 valence electrons. The molecule has 0 atom stereocenters. The Bertz CT molecular complexity index is 1020. The molecule has 1 aliphatic heterocycles. The average molecular weight is 446 g/mol. The molecule has 0 bridgehead atoms. The molecule has 0 saturated carbocycles. The minimum atomic E-state index is -3.77. The molecule has 3 rings (SSSR count). The highest BCUT2D eigenvalue weighted by molar-refractivity contribution is 7.89.